The highest BCUT2D eigenvalue weighted by atomic mass is 16.4. The average Bonchev–Trinajstić information content (AvgIpc) is 1.89. The molecular formula is C7H11NO2. The summed E-state index contributed by atoms with van der Waals surface area (Å²) in [6.07, 6.45) is 0.625. The Hall–Kier alpha value is -1.30. The van der Waals surface area contributed by atoms with E-state index in [9.17, 15) is 4.79 Å². The van der Waals surface area contributed by atoms with Crippen LogP contribution in [-0.2, 0) is 4.79 Å². The summed E-state index contributed by atoms with van der Waals surface area (Å²) in [6, 6.07) is 1.93. The maximum Gasteiger partial charge on any atom is 0.330 e. The molecule has 0 aromatic carbocycles. The van der Waals surface area contributed by atoms with E-state index in [2.05, 4.69) is 6.58 Å². The van der Waals surface area contributed by atoms with Gasteiger partial charge in [0.05, 0.1) is 6.07 Å². The molecule has 3 nitrogen and oxygen atoms in total. The summed E-state index contributed by atoms with van der Waals surface area (Å²) in [5, 5.41) is 15.5. The number of carboxylic acid groups (broad SMARTS) is 1. The molecule has 0 radical (unpaired) electrons. The lowest BCUT2D eigenvalue weighted by Gasteiger charge is -1.79. The minimum absolute atomic E-state index is 0.176. The van der Waals surface area contributed by atoms with Gasteiger partial charge in [0.25, 0.3) is 0 Å². The van der Waals surface area contributed by atoms with Crippen LogP contribution < -0.4 is 0 Å². The zero-order valence-corrected chi connectivity index (χ0v) is 6.22. The molecular weight excluding hydrogens is 130 g/mol. The number of nitriles is 1. The molecule has 0 fully saturated rings. The molecule has 0 spiro atoms. The summed E-state index contributed by atoms with van der Waals surface area (Å²) in [7, 11) is 0. The zero-order valence-electron chi connectivity index (χ0n) is 6.22. The zero-order chi connectivity index (χ0) is 8.57. The Labute approximate surface area is 60.6 Å². The first-order chi connectivity index (χ1) is 4.56. The number of nitrogens with zero attached hydrogens (tertiary/aromatic N) is 1. The van der Waals surface area contributed by atoms with E-state index in [0.717, 1.165) is 0 Å². The van der Waals surface area contributed by atoms with E-state index in [1.54, 1.807) is 0 Å². The minimum Gasteiger partial charge on any atom is -0.478 e. The van der Waals surface area contributed by atoms with Gasteiger partial charge in [-0.3, -0.25) is 0 Å². The number of carbonyl (C=O) groups is 1. The van der Waals surface area contributed by atoms with Crippen LogP contribution in [0.3, 0.4) is 0 Å². The lowest BCUT2D eigenvalue weighted by atomic mass is 10.4. The smallest absolute Gasteiger partial charge is 0.330 e. The van der Waals surface area contributed by atoms with Gasteiger partial charge in [0.2, 0.25) is 0 Å². The Morgan fingerprint density at radius 1 is 1.80 bits per heavy atom. The van der Waals surface area contributed by atoms with Gasteiger partial charge in [-0.2, -0.15) is 5.26 Å². The van der Waals surface area contributed by atoms with Gasteiger partial charge >= 0.3 is 5.97 Å². The van der Waals surface area contributed by atoms with Crippen LogP contribution in [0.25, 0.3) is 0 Å². The summed E-state index contributed by atoms with van der Waals surface area (Å²) in [5.41, 5.74) is 0.176. The van der Waals surface area contributed by atoms with E-state index in [-0.39, 0.29) is 5.57 Å². The molecule has 1 N–H and O–H groups in total. The summed E-state index contributed by atoms with van der Waals surface area (Å²) in [4.78, 5) is 9.60. The van der Waals surface area contributed by atoms with Crippen LogP contribution in [-0.4, -0.2) is 11.1 Å². The van der Waals surface area contributed by atoms with Crippen LogP contribution in [0.4, 0.5) is 0 Å². The quantitative estimate of drug-likeness (QED) is 0.564. The fourth-order valence-corrected chi connectivity index (χ4v) is 0. The molecule has 0 rings (SSSR count). The Bertz CT molecular complexity index is 143. The Kier molecular flexibility index (Phi) is 8.85. The highest BCUT2D eigenvalue weighted by Crippen LogP contribution is 1.81. The molecule has 0 saturated carbocycles. The van der Waals surface area contributed by atoms with Gasteiger partial charge in [0.15, 0.2) is 0 Å². The number of hydrogen-bond acceptors (Lipinski definition) is 2. The van der Waals surface area contributed by atoms with Crippen LogP contribution >= 0.6 is 0 Å². The predicted molar refractivity (Wildman–Crippen MR) is 38.4 cm³/mol. The number of carboxylic acids is 1. The molecule has 0 aromatic rings. The highest BCUT2D eigenvalue weighted by molar-refractivity contribution is 5.84. The van der Waals surface area contributed by atoms with E-state index in [0.29, 0.717) is 6.42 Å². The molecule has 0 unspecified atom stereocenters. The highest BCUT2D eigenvalue weighted by Gasteiger charge is 1.90. The van der Waals surface area contributed by atoms with E-state index in [1.807, 2.05) is 13.0 Å². The number of rotatable bonds is 1. The lowest BCUT2D eigenvalue weighted by molar-refractivity contribution is -0.132. The largest absolute Gasteiger partial charge is 0.478 e. The Morgan fingerprint density at radius 3 is 2.00 bits per heavy atom. The van der Waals surface area contributed by atoms with E-state index < -0.39 is 5.97 Å². The van der Waals surface area contributed by atoms with Crippen molar-refractivity contribution in [1.82, 2.24) is 0 Å². The normalized spacial score (nSPS) is 6.50. The second-order valence-electron chi connectivity index (χ2n) is 1.60. The molecule has 56 valence electrons. The third kappa shape index (κ3) is 15.9. The molecule has 0 saturated heterocycles. The molecule has 0 aliphatic heterocycles. The van der Waals surface area contributed by atoms with Crippen molar-refractivity contribution in [2.45, 2.75) is 20.3 Å². The van der Waals surface area contributed by atoms with Gasteiger partial charge in [-0.15, -0.1) is 0 Å². The lowest BCUT2D eigenvalue weighted by Crippen LogP contribution is -1.92. The summed E-state index contributed by atoms with van der Waals surface area (Å²) in [6.45, 7) is 6.42. The molecule has 0 atom stereocenters. The maximum atomic E-state index is 9.60. The van der Waals surface area contributed by atoms with Crippen molar-refractivity contribution < 1.29 is 9.90 Å². The molecule has 10 heavy (non-hydrogen) atoms. The molecule has 3 heteroatoms. The van der Waals surface area contributed by atoms with Crippen LogP contribution in [0.2, 0.25) is 0 Å². The second-order valence-corrected chi connectivity index (χ2v) is 1.60. The van der Waals surface area contributed by atoms with Crippen LogP contribution in [0.1, 0.15) is 20.3 Å². The summed E-state index contributed by atoms with van der Waals surface area (Å²) >= 11 is 0. The van der Waals surface area contributed by atoms with Crippen LogP contribution in [0.5, 0.6) is 0 Å². The van der Waals surface area contributed by atoms with Crippen molar-refractivity contribution in [3.8, 4) is 6.07 Å². The van der Waals surface area contributed by atoms with Crippen molar-refractivity contribution in [3.05, 3.63) is 12.2 Å². The van der Waals surface area contributed by atoms with Crippen molar-refractivity contribution in [2.24, 2.45) is 0 Å². The molecule has 0 bridgehead atoms. The molecule has 0 amide bonds. The monoisotopic (exact) mass is 141 g/mol. The predicted octanol–water partition coefficient (Wildman–Crippen LogP) is 1.57. The third-order valence-electron chi connectivity index (χ3n) is 0.523. The van der Waals surface area contributed by atoms with Crippen molar-refractivity contribution in [3.63, 3.8) is 0 Å². The van der Waals surface area contributed by atoms with Gasteiger partial charge in [-0.25, -0.2) is 4.79 Å². The minimum atomic E-state index is -0.935. The first-order valence-corrected chi connectivity index (χ1v) is 2.82. The fraction of sp³-hybridized carbons (Fsp3) is 0.429. The van der Waals surface area contributed by atoms with E-state index in [1.165, 1.54) is 6.92 Å². The summed E-state index contributed by atoms with van der Waals surface area (Å²) < 4.78 is 0. The van der Waals surface area contributed by atoms with Gasteiger partial charge in [-0.1, -0.05) is 13.5 Å². The SMILES string of the molecule is C=C(C)C(=O)O.CCC#N. The first kappa shape index (κ1) is 11.5. The Balaban J connectivity index is 0. The average molecular weight is 141 g/mol. The van der Waals surface area contributed by atoms with Gasteiger partial charge in [0.1, 0.15) is 0 Å². The van der Waals surface area contributed by atoms with Gasteiger partial charge in [0, 0.05) is 12.0 Å². The topological polar surface area (TPSA) is 61.1 Å². The van der Waals surface area contributed by atoms with E-state index in [4.69, 9.17) is 10.4 Å². The third-order valence-corrected chi connectivity index (χ3v) is 0.523. The molecule has 0 aromatic heterocycles. The van der Waals surface area contributed by atoms with E-state index >= 15 is 0 Å². The Morgan fingerprint density at radius 2 is 2.00 bits per heavy atom. The van der Waals surface area contributed by atoms with Crippen LogP contribution in [0, 0.1) is 11.3 Å². The van der Waals surface area contributed by atoms with Crippen molar-refractivity contribution in [2.75, 3.05) is 0 Å². The first-order valence-electron chi connectivity index (χ1n) is 2.82. The van der Waals surface area contributed by atoms with Crippen molar-refractivity contribution in [1.29, 1.82) is 5.26 Å². The van der Waals surface area contributed by atoms with Crippen LogP contribution in [0.15, 0.2) is 12.2 Å². The summed E-state index contributed by atoms with van der Waals surface area (Å²) in [5.74, 6) is -0.935. The molecule has 0 heterocycles. The number of hydrogen-bond donors (Lipinski definition) is 1. The standard InChI is InChI=1S/C4H6O2.C3H5N/c1-3(2)4(5)6;1-2-3-4/h1H2,2H3,(H,5,6);2H2,1H3. The number of aliphatic carboxylic acids is 1. The molecule has 0 aliphatic carbocycles. The fourth-order valence-electron chi connectivity index (χ4n) is 0. The van der Waals surface area contributed by atoms with Crippen molar-refractivity contribution >= 4 is 5.97 Å². The second kappa shape index (κ2) is 7.70. The van der Waals surface area contributed by atoms with Gasteiger partial charge < -0.3 is 5.11 Å². The molecule has 0 aliphatic rings. The maximum absolute atomic E-state index is 9.60. The van der Waals surface area contributed by atoms with Gasteiger partial charge in [-0.05, 0) is 6.92 Å².